The fourth-order valence-corrected chi connectivity index (χ4v) is 2.43. The number of hydrogen-bond donors (Lipinski definition) is 1. The summed E-state index contributed by atoms with van der Waals surface area (Å²) >= 11 is 0. The summed E-state index contributed by atoms with van der Waals surface area (Å²) in [5.74, 6) is 0.646. The van der Waals surface area contributed by atoms with Gasteiger partial charge in [-0.1, -0.05) is 6.07 Å². The zero-order valence-corrected chi connectivity index (χ0v) is 11.0. The van der Waals surface area contributed by atoms with Crippen molar-refractivity contribution >= 4 is 11.7 Å². The van der Waals surface area contributed by atoms with Gasteiger partial charge in [0.15, 0.2) is 0 Å². The molecule has 1 heterocycles. The predicted octanol–water partition coefficient (Wildman–Crippen LogP) is 1.46. The molecular weight excluding hydrogens is 240 g/mol. The molecule has 1 aromatic heterocycles. The molecule has 0 radical (unpaired) electrons. The molecule has 0 atom stereocenters. The SMILES string of the molecule is CN(C(=O)C1CCC(N)(C#N)CC1)c1ccccn1. The molecule has 0 unspecified atom stereocenters. The number of nitrogens with two attached hydrogens (primary N) is 1. The number of aromatic nitrogens is 1. The lowest BCUT2D eigenvalue weighted by molar-refractivity contribution is -0.123. The highest BCUT2D eigenvalue weighted by atomic mass is 16.2. The number of nitriles is 1. The maximum Gasteiger partial charge on any atom is 0.230 e. The van der Waals surface area contributed by atoms with E-state index >= 15 is 0 Å². The van der Waals surface area contributed by atoms with Crippen molar-refractivity contribution < 1.29 is 4.79 Å². The van der Waals surface area contributed by atoms with Crippen LogP contribution in [0.5, 0.6) is 0 Å². The third kappa shape index (κ3) is 2.91. The maximum absolute atomic E-state index is 12.4. The highest BCUT2D eigenvalue weighted by Crippen LogP contribution is 2.31. The van der Waals surface area contributed by atoms with Crippen LogP contribution in [-0.2, 0) is 4.79 Å². The minimum absolute atomic E-state index is 0.0543. The Morgan fingerprint density at radius 1 is 1.53 bits per heavy atom. The van der Waals surface area contributed by atoms with Gasteiger partial charge in [0.2, 0.25) is 5.91 Å². The van der Waals surface area contributed by atoms with Gasteiger partial charge in [0.25, 0.3) is 0 Å². The summed E-state index contributed by atoms with van der Waals surface area (Å²) < 4.78 is 0. The summed E-state index contributed by atoms with van der Waals surface area (Å²) in [6, 6.07) is 7.62. The molecule has 1 aromatic rings. The van der Waals surface area contributed by atoms with Crippen LogP contribution in [-0.4, -0.2) is 23.5 Å². The molecular formula is C14H18N4O. The van der Waals surface area contributed by atoms with Crippen molar-refractivity contribution in [3.05, 3.63) is 24.4 Å². The first-order valence-electron chi connectivity index (χ1n) is 6.44. The quantitative estimate of drug-likeness (QED) is 0.870. The number of nitrogens with zero attached hydrogens (tertiary/aromatic N) is 3. The lowest BCUT2D eigenvalue weighted by Gasteiger charge is -2.32. The molecule has 5 nitrogen and oxygen atoms in total. The van der Waals surface area contributed by atoms with E-state index in [-0.39, 0.29) is 11.8 Å². The van der Waals surface area contributed by atoms with Crippen LogP contribution in [0.2, 0.25) is 0 Å². The summed E-state index contributed by atoms with van der Waals surface area (Å²) in [5.41, 5.74) is 5.16. The highest BCUT2D eigenvalue weighted by molar-refractivity contribution is 5.93. The number of amides is 1. The molecule has 1 fully saturated rings. The molecule has 0 aromatic carbocycles. The normalized spacial score (nSPS) is 26.5. The van der Waals surface area contributed by atoms with Gasteiger partial charge in [0.05, 0.1) is 6.07 Å². The van der Waals surface area contributed by atoms with Gasteiger partial charge >= 0.3 is 0 Å². The third-order valence-electron chi connectivity index (χ3n) is 3.77. The summed E-state index contributed by atoms with van der Waals surface area (Å²) in [7, 11) is 1.74. The summed E-state index contributed by atoms with van der Waals surface area (Å²) in [6.45, 7) is 0. The van der Waals surface area contributed by atoms with Crippen molar-refractivity contribution in [1.29, 1.82) is 5.26 Å². The highest BCUT2D eigenvalue weighted by Gasteiger charge is 2.35. The minimum Gasteiger partial charge on any atom is -0.313 e. The molecule has 1 aliphatic rings. The molecule has 100 valence electrons. The van der Waals surface area contributed by atoms with E-state index in [1.165, 1.54) is 0 Å². The molecule has 0 saturated heterocycles. The number of carbonyl (C=O) groups excluding carboxylic acids is 1. The zero-order chi connectivity index (χ0) is 13.9. The van der Waals surface area contributed by atoms with Gasteiger partial charge in [-0.15, -0.1) is 0 Å². The monoisotopic (exact) mass is 258 g/mol. The number of rotatable bonds is 2. The molecule has 0 spiro atoms. The Morgan fingerprint density at radius 3 is 2.74 bits per heavy atom. The molecule has 19 heavy (non-hydrogen) atoms. The molecule has 5 heteroatoms. The first-order chi connectivity index (χ1) is 9.06. The topological polar surface area (TPSA) is 83.0 Å². The average Bonchev–Trinajstić information content (AvgIpc) is 2.47. The average molecular weight is 258 g/mol. The van der Waals surface area contributed by atoms with Crippen molar-refractivity contribution in [2.75, 3.05) is 11.9 Å². The first-order valence-corrected chi connectivity index (χ1v) is 6.44. The second kappa shape index (κ2) is 5.37. The van der Waals surface area contributed by atoms with Crippen LogP contribution in [0.15, 0.2) is 24.4 Å². The van der Waals surface area contributed by atoms with Gasteiger partial charge in [-0.25, -0.2) is 4.98 Å². The van der Waals surface area contributed by atoms with E-state index in [0.29, 0.717) is 31.5 Å². The van der Waals surface area contributed by atoms with Gasteiger partial charge in [-0.05, 0) is 37.8 Å². The number of hydrogen-bond acceptors (Lipinski definition) is 4. The zero-order valence-electron chi connectivity index (χ0n) is 11.0. The molecule has 1 amide bonds. The van der Waals surface area contributed by atoms with Crippen LogP contribution in [0.3, 0.4) is 0 Å². The van der Waals surface area contributed by atoms with Crippen molar-refractivity contribution in [1.82, 2.24) is 4.98 Å². The van der Waals surface area contributed by atoms with E-state index in [4.69, 9.17) is 11.0 Å². The Balaban J connectivity index is 2.01. The van der Waals surface area contributed by atoms with Crippen LogP contribution in [0.1, 0.15) is 25.7 Å². The molecule has 1 aliphatic carbocycles. The van der Waals surface area contributed by atoms with Crippen LogP contribution in [0.4, 0.5) is 5.82 Å². The van der Waals surface area contributed by atoms with Crippen molar-refractivity contribution in [2.45, 2.75) is 31.2 Å². The summed E-state index contributed by atoms with van der Waals surface area (Å²) in [4.78, 5) is 18.1. The van der Waals surface area contributed by atoms with E-state index in [1.54, 1.807) is 18.1 Å². The van der Waals surface area contributed by atoms with Crippen molar-refractivity contribution in [3.63, 3.8) is 0 Å². The molecule has 2 rings (SSSR count). The van der Waals surface area contributed by atoms with Crippen LogP contribution in [0.25, 0.3) is 0 Å². The standard InChI is InChI=1S/C14H18N4O/c1-18(12-4-2-3-9-17-12)13(19)11-5-7-14(16,10-15)8-6-11/h2-4,9,11H,5-8,16H2,1H3. The van der Waals surface area contributed by atoms with E-state index in [1.807, 2.05) is 18.2 Å². The van der Waals surface area contributed by atoms with E-state index in [2.05, 4.69) is 11.1 Å². The van der Waals surface area contributed by atoms with Gasteiger partial charge < -0.3 is 5.73 Å². The Bertz CT molecular complexity index is 486. The van der Waals surface area contributed by atoms with Crippen LogP contribution in [0, 0.1) is 17.2 Å². The molecule has 2 N–H and O–H groups in total. The lowest BCUT2D eigenvalue weighted by atomic mass is 9.77. The predicted molar refractivity (Wildman–Crippen MR) is 72.1 cm³/mol. The van der Waals surface area contributed by atoms with E-state index in [9.17, 15) is 4.79 Å². The minimum atomic E-state index is -0.750. The fraction of sp³-hybridized carbons (Fsp3) is 0.500. The van der Waals surface area contributed by atoms with Gasteiger partial charge in [0.1, 0.15) is 11.4 Å². The number of anilines is 1. The smallest absolute Gasteiger partial charge is 0.230 e. The Labute approximate surface area is 113 Å². The number of carbonyl (C=O) groups is 1. The Hall–Kier alpha value is -1.93. The molecule has 0 aliphatic heterocycles. The van der Waals surface area contributed by atoms with E-state index < -0.39 is 5.54 Å². The van der Waals surface area contributed by atoms with Crippen LogP contribution >= 0.6 is 0 Å². The largest absolute Gasteiger partial charge is 0.313 e. The van der Waals surface area contributed by atoms with Crippen molar-refractivity contribution in [2.24, 2.45) is 11.7 Å². The maximum atomic E-state index is 12.4. The summed E-state index contributed by atoms with van der Waals surface area (Å²) in [6.07, 6.45) is 4.16. The lowest BCUT2D eigenvalue weighted by Crippen LogP contribution is -2.45. The number of pyridine rings is 1. The van der Waals surface area contributed by atoms with Gasteiger partial charge in [-0.2, -0.15) is 5.26 Å². The summed E-state index contributed by atoms with van der Waals surface area (Å²) in [5, 5.41) is 8.98. The van der Waals surface area contributed by atoms with Crippen LogP contribution < -0.4 is 10.6 Å². The second-order valence-electron chi connectivity index (χ2n) is 5.13. The second-order valence-corrected chi connectivity index (χ2v) is 5.13. The molecule has 1 saturated carbocycles. The van der Waals surface area contributed by atoms with E-state index in [0.717, 1.165) is 0 Å². The Kier molecular flexibility index (Phi) is 3.82. The Morgan fingerprint density at radius 2 is 2.21 bits per heavy atom. The first kappa shape index (κ1) is 13.5. The fourth-order valence-electron chi connectivity index (χ4n) is 2.43. The van der Waals surface area contributed by atoms with Gasteiger partial charge in [0, 0.05) is 19.2 Å². The van der Waals surface area contributed by atoms with Crippen molar-refractivity contribution in [3.8, 4) is 6.07 Å². The third-order valence-corrected chi connectivity index (χ3v) is 3.77. The van der Waals surface area contributed by atoms with Gasteiger partial charge in [-0.3, -0.25) is 9.69 Å². The molecule has 0 bridgehead atoms.